The summed E-state index contributed by atoms with van der Waals surface area (Å²) in [5, 5.41) is 5.96. The van der Waals surface area contributed by atoms with Gasteiger partial charge in [-0.25, -0.2) is 0 Å². The third-order valence-electron chi connectivity index (χ3n) is 2.75. The van der Waals surface area contributed by atoms with E-state index in [0.717, 1.165) is 6.42 Å². The van der Waals surface area contributed by atoms with E-state index in [2.05, 4.69) is 10.6 Å². The molecule has 19 heavy (non-hydrogen) atoms. The SMILES string of the molecule is COCCC(C)NCC(=O)Nc1ccccc1OC. The van der Waals surface area contributed by atoms with Gasteiger partial charge in [-0.05, 0) is 25.5 Å². The molecule has 1 rings (SSSR count). The summed E-state index contributed by atoms with van der Waals surface area (Å²) in [6.07, 6.45) is 0.873. The van der Waals surface area contributed by atoms with Crippen LogP contribution in [0.2, 0.25) is 0 Å². The van der Waals surface area contributed by atoms with Crippen LogP contribution in [0.15, 0.2) is 24.3 Å². The smallest absolute Gasteiger partial charge is 0.238 e. The summed E-state index contributed by atoms with van der Waals surface area (Å²) in [6, 6.07) is 7.57. The number of benzene rings is 1. The Hall–Kier alpha value is -1.59. The average molecular weight is 266 g/mol. The molecule has 0 aromatic heterocycles. The summed E-state index contributed by atoms with van der Waals surface area (Å²) >= 11 is 0. The van der Waals surface area contributed by atoms with Crippen molar-refractivity contribution in [3.8, 4) is 5.75 Å². The molecule has 0 radical (unpaired) electrons. The number of amides is 1. The highest BCUT2D eigenvalue weighted by molar-refractivity contribution is 5.93. The van der Waals surface area contributed by atoms with E-state index in [1.54, 1.807) is 14.2 Å². The second-order valence-corrected chi connectivity index (χ2v) is 4.31. The Morgan fingerprint density at radius 3 is 2.74 bits per heavy atom. The first-order valence-electron chi connectivity index (χ1n) is 6.32. The second-order valence-electron chi connectivity index (χ2n) is 4.31. The molecule has 1 unspecified atom stereocenters. The molecule has 0 saturated heterocycles. The minimum atomic E-state index is -0.0891. The standard InChI is InChI=1S/C14H22N2O3/c1-11(8-9-18-2)15-10-14(17)16-12-6-4-5-7-13(12)19-3/h4-7,11,15H,8-10H2,1-3H3,(H,16,17). The average Bonchev–Trinajstić information content (AvgIpc) is 2.43. The Balaban J connectivity index is 2.38. The molecule has 5 heteroatoms. The van der Waals surface area contributed by atoms with E-state index in [0.29, 0.717) is 18.0 Å². The molecule has 1 aromatic rings. The zero-order valence-corrected chi connectivity index (χ0v) is 11.7. The number of methoxy groups -OCH3 is 2. The Morgan fingerprint density at radius 1 is 1.32 bits per heavy atom. The van der Waals surface area contributed by atoms with Crippen molar-refractivity contribution in [2.75, 3.05) is 32.7 Å². The Morgan fingerprint density at radius 2 is 2.05 bits per heavy atom. The highest BCUT2D eigenvalue weighted by atomic mass is 16.5. The fourth-order valence-electron chi connectivity index (χ4n) is 1.61. The van der Waals surface area contributed by atoms with Crippen LogP contribution in [0.1, 0.15) is 13.3 Å². The van der Waals surface area contributed by atoms with Crippen LogP contribution in [-0.4, -0.2) is 39.3 Å². The van der Waals surface area contributed by atoms with Gasteiger partial charge in [0.25, 0.3) is 0 Å². The van der Waals surface area contributed by atoms with E-state index in [1.807, 2.05) is 31.2 Å². The highest BCUT2D eigenvalue weighted by Gasteiger charge is 2.08. The summed E-state index contributed by atoms with van der Waals surface area (Å²) in [4.78, 5) is 11.8. The fourth-order valence-corrected chi connectivity index (χ4v) is 1.61. The number of para-hydroxylation sites is 2. The van der Waals surface area contributed by atoms with E-state index < -0.39 is 0 Å². The third kappa shape index (κ3) is 5.72. The van der Waals surface area contributed by atoms with Gasteiger partial charge in [-0.2, -0.15) is 0 Å². The van der Waals surface area contributed by atoms with Crippen molar-refractivity contribution >= 4 is 11.6 Å². The fraction of sp³-hybridized carbons (Fsp3) is 0.500. The van der Waals surface area contributed by atoms with Crippen molar-refractivity contribution in [3.05, 3.63) is 24.3 Å². The first-order valence-corrected chi connectivity index (χ1v) is 6.32. The summed E-state index contributed by atoms with van der Waals surface area (Å²) < 4.78 is 10.2. The lowest BCUT2D eigenvalue weighted by atomic mass is 10.2. The Bertz CT molecular complexity index is 396. The van der Waals surface area contributed by atoms with Gasteiger partial charge in [-0.15, -0.1) is 0 Å². The number of carbonyl (C=O) groups is 1. The van der Waals surface area contributed by atoms with Crippen LogP contribution in [0.3, 0.4) is 0 Å². The van der Waals surface area contributed by atoms with Gasteiger partial charge in [0.1, 0.15) is 5.75 Å². The first kappa shape index (κ1) is 15.5. The number of nitrogens with one attached hydrogen (secondary N) is 2. The summed E-state index contributed by atoms with van der Waals surface area (Å²) in [6.45, 7) is 2.97. The lowest BCUT2D eigenvalue weighted by Crippen LogP contribution is -2.35. The molecule has 0 fully saturated rings. The topological polar surface area (TPSA) is 59.6 Å². The van der Waals surface area contributed by atoms with Crippen LogP contribution in [0, 0.1) is 0 Å². The molecule has 0 bridgehead atoms. The molecule has 1 amide bonds. The molecular formula is C14H22N2O3. The molecule has 0 aliphatic rings. The summed E-state index contributed by atoms with van der Waals surface area (Å²) in [5.74, 6) is 0.567. The number of ether oxygens (including phenoxy) is 2. The van der Waals surface area contributed by atoms with Gasteiger partial charge in [0.15, 0.2) is 0 Å². The molecule has 0 spiro atoms. The molecular weight excluding hydrogens is 244 g/mol. The van der Waals surface area contributed by atoms with E-state index in [-0.39, 0.29) is 18.5 Å². The van der Waals surface area contributed by atoms with Gasteiger partial charge in [0.2, 0.25) is 5.91 Å². The van der Waals surface area contributed by atoms with Gasteiger partial charge in [-0.1, -0.05) is 12.1 Å². The van der Waals surface area contributed by atoms with Crippen LogP contribution < -0.4 is 15.4 Å². The van der Waals surface area contributed by atoms with E-state index >= 15 is 0 Å². The van der Waals surface area contributed by atoms with Crippen molar-refractivity contribution in [2.24, 2.45) is 0 Å². The number of anilines is 1. The molecule has 0 aliphatic carbocycles. The second kappa shape index (κ2) is 8.50. The lowest BCUT2D eigenvalue weighted by molar-refractivity contribution is -0.115. The van der Waals surface area contributed by atoms with E-state index in [4.69, 9.17) is 9.47 Å². The van der Waals surface area contributed by atoms with Gasteiger partial charge in [0, 0.05) is 19.8 Å². The molecule has 1 aromatic carbocycles. The van der Waals surface area contributed by atoms with Crippen molar-refractivity contribution < 1.29 is 14.3 Å². The van der Waals surface area contributed by atoms with Gasteiger partial charge in [-0.3, -0.25) is 4.79 Å². The zero-order chi connectivity index (χ0) is 14.1. The van der Waals surface area contributed by atoms with Crippen LogP contribution in [0.5, 0.6) is 5.75 Å². The quantitative estimate of drug-likeness (QED) is 0.751. The number of hydrogen-bond donors (Lipinski definition) is 2. The van der Waals surface area contributed by atoms with Crippen molar-refractivity contribution in [1.29, 1.82) is 0 Å². The predicted octanol–water partition coefficient (Wildman–Crippen LogP) is 1.65. The minimum absolute atomic E-state index is 0.0891. The molecule has 0 heterocycles. The van der Waals surface area contributed by atoms with Crippen LogP contribution in [0.25, 0.3) is 0 Å². The van der Waals surface area contributed by atoms with Gasteiger partial charge in [0.05, 0.1) is 19.3 Å². The lowest BCUT2D eigenvalue weighted by Gasteiger charge is -2.14. The van der Waals surface area contributed by atoms with E-state index in [1.165, 1.54) is 0 Å². The van der Waals surface area contributed by atoms with Gasteiger partial charge < -0.3 is 20.1 Å². The summed E-state index contributed by atoms with van der Waals surface area (Å²) in [7, 11) is 3.25. The van der Waals surface area contributed by atoms with Crippen LogP contribution in [0.4, 0.5) is 5.69 Å². The molecule has 1 atom stereocenters. The zero-order valence-electron chi connectivity index (χ0n) is 11.7. The normalized spacial score (nSPS) is 11.9. The third-order valence-corrected chi connectivity index (χ3v) is 2.75. The summed E-state index contributed by atoms with van der Waals surface area (Å²) in [5.41, 5.74) is 0.682. The van der Waals surface area contributed by atoms with E-state index in [9.17, 15) is 4.79 Å². The number of carbonyl (C=O) groups excluding carboxylic acids is 1. The van der Waals surface area contributed by atoms with Crippen molar-refractivity contribution in [2.45, 2.75) is 19.4 Å². The predicted molar refractivity (Wildman–Crippen MR) is 75.6 cm³/mol. The largest absolute Gasteiger partial charge is 0.495 e. The molecule has 5 nitrogen and oxygen atoms in total. The monoisotopic (exact) mass is 266 g/mol. The number of rotatable bonds is 8. The molecule has 0 saturated carbocycles. The van der Waals surface area contributed by atoms with Crippen molar-refractivity contribution in [1.82, 2.24) is 5.32 Å². The van der Waals surface area contributed by atoms with Crippen LogP contribution in [-0.2, 0) is 9.53 Å². The first-order chi connectivity index (χ1) is 9.17. The van der Waals surface area contributed by atoms with Crippen LogP contribution >= 0.6 is 0 Å². The maximum atomic E-state index is 11.8. The Kier molecular flexibility index (Phi) is 6.92. The minimum Gasteiger partial charge on any atom is -0.495 e. The Labute approximate surface area is 114 Å². The highest BCUT2D eigenvalue weighted by Crippen LogP contribution is 2.22. The van der Waals surface area contributed by atoms with Crippen molar-refractivity contribution in [3.63, 3.8) is 0 Å². The maximum Gasteiger partial charge on any atom is 0.238 e. The molecule has 2 N–H and O–H groups in total. The number of hydrogen-bond acceptors (Lipinski definition) is 4. The molecule has 106 valence electrons. The maximum absolute atomic E-state index is 11.8. The molecule has 0 aliphatic heterocycles. The van der Waals surface area contributed by atoms with Gasteiger partial charge >= 0.3 is 0 Å².